The molecule has 1 aliphatic carbocycles. The fourth-order valence-electron chi connectivity index (χ4n) is 3.23. The summed E-state index contributed by atoms with van der Waals surface area (Å²) in [6.45, 7) is 5.57. The van der Waals surface area contributed by atoms with E-state index >= 15 is 0 Å². The van der Waals surface area contributed by atoms with Crippen LogP contribution in [0.2, 0.25) is 5.02 Å². The molecule has 0 radical (unpaired) electrons. The van der Waals surface area contributed by atoms with Crippen molar-refractivity contribution in [2.75, 3.05) is 0 Å². The van der Waals surface area contributed by atoms with Crippen molar-refractivity contribution in [3.8, 4) is 0 Å². The van der Waals surface area contributed by atoms with Gasteiger partial charge in [-0.1, -0.05) is 31.5 Å². The molecule has 0 bridgehead atoms. The van der Waals surface area contributed by atoms with E-state index in [0.717, 1.165) is 34.3 Å². The van der Waals surface area contributed by atoms with Crippen molar-refractivity contribution in [2.45, 2.75) is 39.3 Å². The molecule has 106 valence electrons. The van der Waals surface area contributed by atoms with Gasteiger partial charge in [-0.25, -0.2) is 0 Å². The fraction of sp³-hybridized carbons (Fsp3) is 0.471. The summed E-state index contributed by atoms with van der Waals surface area (Å²) in [7, 11) is 0. The van der Waals surface area contributed by atoms with E-state index in [-0.39, 0.29) is 0 Å². The van der Waals surface area contributed by atoms with Crippen LogP contribution in [0.3, 0.4) is 0 Å². The normalized spacial score (nSPS) is 26.2. The maximum atomic E-state index is 6.24. The monoisotopic (exact) mass is 288 g/mol. The van der Waals surface area contributed by atoms with Gasteiger partial charge in [-0.15, -0.1) is 0 Å². The van der Waals surface area contributed by atoms with E-state index in [2.05, 4.69) is 30.2 Å². The summed E-state index contributed by atoms with van der Waals surface area (Å²) in [6, 6.07) is 8.66. The molecule has 1 aromatic heterocycles. The van der Waals surface area contributed by atoms with Crippen LogP contribution in [0.4, 0.5) is 0 Å². The average molecular weight is 289 g/mol. The molecule has 3 heteroatoms. The van der Waals surface area contributed by atoms with Crippen molar-refractivity contribution in [2.24, 2.45) is 11.8 Å². The number of halogens is 1. The van der Waals surface area contributed by atoms with Crippen LogP contribution < -0.4 is 5.32 Å². The molecule has 3 unspecified atom stereocenters. The van der Waals surface area contributed by atoms with Gasteiger partial charge < -0.3 is 5.32 Å². The Morgan fingerprint density at radius 3 is 2.85 bits per heavy atom. The predicted octanol–water partition coefficient (Wildman–Crippen LogP) is 4.41. The molecule has 2 aromatic rings. The second-order valence-corrected chi connectivity index (χ2v) is 6.41. The largest absolute Gasteiger partial charge is 0.310 e. The molecule has 3 rings (SSSR count). The van der Waals surface area contributed by atoms with Gasteiger partial charge in [-0.3, -0.25) is 4.98 Å². The van der Waals surface area contributed by atoms with Crippen LogP contribution in [0.5, 0.6) is 0 Å². The number of rotatable bonds is 3. The minimum Gasteiger partial charge on any atom is -0.310 e. The van der Waals surface area contributed by atoms with Gasteiger partial charge in [0.2, 0.25) is 0 Å². The van der Waals surface area contributed by atoms with E-state index in [1.54, 1.807) is 0 Å². The van der Waals surface area contributed by atoms with Gasteiger partial charge in [0.15, 0.2) is 0 Å². The Labute approximate surface area is 125 Å². The number of nitrogens with one attached hydrogen (secondary N) is 1. The maximum absolute atomic E-state index is 6.24. The first kappa shape index (κ1) is 13.8. The first-order valence-corrected chi connectivity index (χ1v) is 7.80. The van der Waals surface area contributed by atoms with Crippen LogP contribution in [-0.2, 0) is 6.54 Å². The highest BCUT2D eigenvalue weighted by atomic mass is 35.5. The summed E-state index contributed by atoms with van der Waals surface area (Å²) in [5.74, 6) is 1.58. The van der Waals surface area contributed by atoms with Crippen molar-refractivity contribution in [1.29, 1.82) is 0 Å². The molecule has 1 saturated carbocycles. The molecular weight excluding hydrogens is 268 g/mol. The predicted molar refractivity (Wildman–Crippen MR) is 84.9 cm³/mol. The summed E-state index contributed by atoms with van der Waals surface area (Å²) in [4.78, 5) is 4.50. The maximum Gasteiger partial charge on any atom is 0.0761 e. The van der Waals surface area contributed by atoms with Crippen molar-refractivity contribution in [3.05, 3.63) is 41.0 Å². The third-order valence-electron chi connectivity index (χ3n) is 4.82. The van der Waals surface area contributed by atoms with Gasteiger partial charge >= 0.3 is 0 Å². The van der Waals surface area contributed by atoms with E-state index in [0.29, 0.717) is 6.04 Å². The molecule has 1 aliphatic rings. The first-order valence-electron chi connectivity index (χ1n) is 7.42. The Kier molecular flexibility index (Phi) is 3.95. The molecule has 0 amide bonds. The number of nitrogens with zero attached hydrogens (tertiary/aromatic N) is 1. The number of aromatic nitrogens is 1. The minimum absolute atomic E-state index is 0.624. The van der Waals surface area contributed by atoms with Gasteiger partial charge in [0.05, 0.1) is 5.52 Å². The van der Waals surface area contributed by atoms with E-state index in [4.69, 9.17) is 11.6 Å². The van der Waals surface area contributed by atoms with Crippen molar-refractivity contribution < 1.29 is 0 Å². The Morgan fingerprint density at radius 1 is 1.25 bits per heavy atom. The van der Waals surface area contributed by atoms with Crippen LogP contribution >= 0.6 is 11.6 Å². The van der Waals surface area contributed by atoms with Crippen LogP contribution in [0.25, 0.3) is 10.9 Å². The molecule has 3 atom stereocenters. The third-order valence-corrected chi connectivity index (χ3v) is 5.15. The minimum atomic E-state index is 0.624. The van der Waals surface area contributed by atoms with Crippen molar-refractivity contribution in [1.82, 2.24) is 10.3 Å². The average Bonchev–Trinajstić information content (AvgIpc) is 2.79. The SMILES string of the molecule is CC1CCC(NCc2ccc(Cl)c3cccnc23)C1C. The lowest BCUT2D eigenvalue weighted by Crippen LogP contribution is -2.31. The molecule has 20 heavy (non-hydrogen) atoms. The van der Waals surface area contributed by atoms with Crippen molar-refractivity contribution >= 4 is 22.5 Å². The first-order chi connectivity index (χ1) is 9.66. The zero-order chi connectivity index (χ0) is 14.1. The molecule has 1 heterocycles. The second-order valence-electron chi connectivity index (χ2n) is 6.01. The number of benzene rings is 1. The summed E-state index contributed by atoms with van der Waals surface area (Å²) >= 11 is 6.24. The van der Waals surface area contributed by atoms with E-state index in [9.17, 15) is 0 Å². The zero-order valence-corrected chi connectivity index (χ0v) is 12.8. The Hall–Kier alpha value is -1.12. The van der Waals surface area contributed by atoms with Gasteiger partial charge in [-0.2, -0.15) is 0 Å². The molecule has 0 aliphatic heterocycles. The Balaban J connectivity index is 1.80. The summed E-state index contributed by atoms with van der Waals surface area (Å²) < 4.78 is 0. The Morgan fingerprint density at radius 2 is 2.10 bits per heavy atom. The highest BCUT2D eigenvalue weighted by molar-refractivity contribution is 6.35. The molecule has 1 N–H and O–H groups in total. The van der Waals surface area contributed by atoms with Gasteiger partial charge in [0.25, 0.3) is 0 Å². The third kappa shape index (κ3) is 2.55. The van der Waals surface area contributed by atoms with Crippen LogP contribution in [0, 0.1) is 11.8 Å². The lowest BCUT2D eigenvalue weighted by atomic mass is 9.97. The lowest BCUT2D eigenvalue weighted by Gasteiger charge is -2.20. The summed E-state index contributed by atoms with van der Waals surface area (Å²) in [5.41, 5.74) is 2.25. The molecule has 0 spiro atoms. The molecule has 0 saturated heterocycles. The van der Waals surface area contributed by atoms with Gasteiger partial charge in [-0.05, 0) is 48.4 Å². The van der Waals surface area contributed by atoms with Crippen molar-refractivity contribution in [3.63, 3.8) is 0 Å². The highest BCUT2D eigenvalue weighted by Crippen LogP contribution is 2.31. The lowest BCUT2D eigenvalue weighted by molar-refractivity contribution is 0.370. The van der Waals surface area contributed by atoms with E-state index in [1.165, 1.54) is 18.4 Å². The van der Waals surface area contributed by atoms with E-state index in [1.807, 2.05) is 24.4 Å². The molecular formula is C17H21ClN2. The summed E-state index contributed by atoms with van der Waals surface area (Å²) in [6.07, 6.45) is 4.45. The van der Waals surface area contributed by atoms with Gasteiger partial charge in [0, 0.05) is 29.2 Å². The smallest absolute Gasteiger partial charge is 0.0761 e. The number of fused-ring (bicyclic) bond motifs is 1. The number of hydrogen-bond donors (Lipinski definition) is 1. The topological polar surface area (TPSA) is 24.9 Å². The standard InChI is InChI=1S/C17H21ClN2/c1-11-5-8-16(12(11)2)20-10-13-6-7-15(18)14-4-3-9-19-17(13)14/h3-4,6-7,9,11-12,16,20H,5,8,10H2,1-2H3. The fourth-order valence-corrected chi connectivity index (χ4v) is 3.45. The summed E-state index contributed by atoms with van der Waals surface area (Å²) in [5, 5.41) is 5.53. The van der Waals surface area contributed by atoms with Crippen LogP contribution in [-0.4, -0.2) is 11.0 Å². The van der Waals surface area contributed by atoms with Crippen LogP contribution in [0.1, 0.15) is 32.3 Å². The number of hydrogen-bond acceptors (Lipinski definition) is 2. The molecule has 1 aromatic carbocycles. The highest BCUT2D eigenvalue weighted by Gasteiger charge is 2.29. The van der Waals surface area contributed by atoms with Crippen LogP contribution in [0.15, 0.2) is 30.5 Å². The second kappa shape index (κ2) is 5.71. The zero-order valence-electron chi connectivity index (χ0n) is 12.1. The quantitative estimate of drug-likeness (QED) is 0.905. The van der Waals surface area contributed by atoms with E-state index < -0.39 is 0 Å². The number of pyridine rings is 1. The molecule has 2 nitrogen and oxygen atoms in total. The van der Waals surface area contributed by atoms with Gasteiger partial charge in [0.1, 0.15) is 0 Å². The molecule has 1 fully saturated rings. The Bertz CT molecular complexity index is 611.